The fourth-order valence-electron chi connectivity index (χ4n) is 3.30. The van der Waals surface area contributed by atoms with E-state index in [0.29, 0.717) is 65.3 Å². The van der Waals surface area contributed by atoms with Crippen molar-refractivity contribution in [1.82, 2.24) is 9.97 Å². The predicted octanol–water partition coefficient (Wildman–Crippen LogP) is 3.30. The lowest BCUT2D eigenvalue weighted by molar-refractivity contribution is 0.0993. The zero-order chi connectivity index (χ0) is 19.0. The second kappa shape index (κ2) is 7.17. The van der Waals surface area contributed by atoms with E-state index in [1.807, 2.05) is 12.1 Å². The van der Waals surface area contributed by atoms with Crippen LogP contribution in [0.25, 0.3) is 11.1 Å². The van der Waals surface area contributed by atoms with Crippen LogP contribution in [0.4, 0.5) is 11.5 Å². The Labute approximate surface area is 161 Å². The number of amides is 1. The number of benzene rings is 1. The predicted molar refractivity (Wildman–Crippen MR) is 104 cm³/mol. The molecule has 4 rings (SSSR count). The van der Waals surface area contributed by atoms with Crippen molar-refractivity contribution in [3.63, 3.8) is 0 Å². The number of hydrogen-bond donors (Lipinski definition) is 0. The van der Waals surface area contributed by atoms with E-state index in [1.165, 1.54) is 11.2 Å². The van der Waals surface area contributed by atoms with Crippen LogP contribution in [0.5, 0.6) is 0 Å². The number of morpholine rings is 1. The lowest BCUT2D eigenvalue weighted by Crippen LogP contribution is -2.37. The molecule has 0 aliphatic carbocycles. The molecule has 1 saturated heterocycles. The molecular formula is C19H19ClN4O3. The van der Waals surface area contributed by atoms with Gasteiger partial charge >= 0.3 is 0 Å². The summed E-state index contributed by atoms with van der Waals surface area (Å²) in [5.41, 5.74) is 1.48. The summed E-state index contributed by atoms with van der Waals surface area (Å²) in [4.78, 5) is 25.6. The number of fused-ring (bicyclic) bond motifs is 1. The van der Waals surface area contributed by atoms with Gasteiger partial charge in [0.25, 0.3) is 5.91 Å². The van der Waals surface area contributed by atoms with Crippen LogP contribution < -0.4 is 9.80 Å². The topological polar surface area (TPSA) is 71.7 Å². The summed E-state index contributed by atoms with van der Waals surface area (Å²) in [6.45, 7) is 4.39. The van der Waals surface area contributed by atoms with Crippen molar-refractivity contribution in [3.8, 4) is 0 Å². The number of rotatable bonds is 3. The summed E-state index contributed by atoms with van der Waals surface area (Å²) in [7, 11) is 1.69. The van der Waals surface area contributed by atoms with Crippen molar-refractivity contribution in [2.24, 2.45) is 0 Å². The molecule has 27 heavy (non-hydrogen) atoms. The molecular weight excluding hydrogens is 368 g/mol. The molecule has 0 bridgehead atoms. The largest absolute Gasteiger partial charge is 0.442 e. The monoisotopic (exact) mass is 386 g/mol. The number of nitrogens with zero attached hydrogens (tertiary/aromatic N) is 4. The molecule has 1 fully saturated rings. The van der Waals surface area contributed by atoms with Gasteiger partial charge in [-0.3, -0.25) is 4.79 Å². The van der Waals surface area contributed by atoms with Crippen molar-refractivity contribution in [1.29, 1.82) is 0 Å². The molecule has 0 N–H and O–H groups in total. The minimum Gasteiger partial charge on any atom is -0.442 e. The third-order valence-corrected chi connectivity index (χ3v) is 5.01. The molecule has 3 aromatic rings. The van der Waals surface area contributed by atoms with Gasteiger partial charge in [0, 0.05) is 20.1 Å². The SMILES string of the molecule is Cc1oc2ncnc(N3CCOCC3)c2c1C(=O)N(C)c1ccccc1Cl. The lowest BCUT2D eigenvalue weighted by Gasteiger charge is -2.28. The highest BCUT2D eigenvalue weighted by molar-refractivity contribution is 6.34. The summed E-state index contributed by atoms with van der Waals surface area (Å²) in [5.74, 6) is 0.976. The van der Waals surface area contributed by atoms with Crippen LogP contribution in [-0.2, 0) is 4.74 Å². The molecule has 2 aromatic heterocycles. The van der Waals surface area contributed by atoms with Gasteiger partial charge in [0.2, 0.25) is 5.71 Å². The number of halogens is 1. The van der Waals surface area contributed by atoms with Gasteiger partial charge in [-0.25, -0.2) is 9.97 Å². The van der Waals surface area contributed by atoms with Gasteiger partial charge in [-0.05, 0) is 19.1 Å². The average Bonchev–Trinajstić information content (AvgIpc) is 3.03. The van der Waals surface area contributed by atoms with Gasteiger partial charge in [-0.1, -0.05) is 23.7 Å². The second-order valence-electron chi connectivity index (χ2n) is 6.33. The lowest BCUT2D eigenvalue weighted by atomic mass is 10.1. The van der Waals surface area contributed by atoms with Crippen LogP contribution in [0.2, 0.25) is 5.02 Å². The Balaban J connectivity index is 1.82. The maximum Gasteiger partial charge on any atom is 0.262 e. The quantitative estimate of drug-likeness (QED) is 0.687. The third kappa shape index (κ3) is 3.13. The van der Waals surface area contributed by atoms with E-state index in [4.69, 9.17) is 20.8 Å². The first-order valence-corrected chi connectivity index (χ1v) is 9.05. The number of carbonyl (C=O) groups is 1. The maximum absolute atomic E-state index is 13.3. The molecule has 0 radical (unpaired) electrons. The highest BCUT2D eigenvalue weighted by Crippen LogP contribution is 2.34. The molecule has 1 amide bonds. The molecule has 0 spiro atoms. The summed E-state index contributed by atoms with van der Waals surface area (Å²) in [6.07, 6.45) is 1.46. The van der Waals surface area contributed by atoms with Crippen LogP contribution in [0, 0.1) is 6.92 Å². The van der Waals surface area contributed by atoms with Crippen LogP contribution in [0.15, 0.2) is 35.0 Å². The average molecular weight is 387 g/mol. The molecule has 7 nitrogen and oxygen atoms in total. The Hall–Kier alpha value is -2.64. The third-order valence-electron chi connectivity index (χ3n) is 4.69. The van der Waals surface area contributed by atoms with E-state index in [0.717, 1.165) is 0 Å². The van der Waals surface area contributed by atoms with Crippen LogP contribution >= 0.6 is 11.6 Å². The van der Waals surface area contributed by atoms with E-state index < -0.39 is 0 Å². The normalized spacial score (nSPS) is 14.6. The van der Waals surface area contributed by atoms with Gasteiger partial charge in [-0.15, -0.1) is 0 Å². The number of aromatic nitrogens is 2. The zero-order valence-electron chi connectivity index (χ0n) is 15.1. The standard InChI is InChI=1S/C19H19ClN4O3/c1-12-15(19(25)23(2)14-6-4-3-5-13(14)20)16-17(21-11-22-18(16)27-12)24-7-9-26-10-8-24/h3-6,11H,7-10H2,1-2H3. The van der Waals surface area contributed by atoms with E-state index in [9.17, 15) is 4.79 Å². The summed E-state index contributed by atoms with van der Waals surface area (Å²) < 4.78 is 11.2. The number of hydrogen-bond acceptors (Lipinski definition) is 6. The van der Waals surface area contributed by atoms with Crippen LogP contribution in [-0.4, -0.2) is 49.2 Å². The van der Waals surface area contributed by atoms with Crippen molar-refractivity contribution in [3.05, 3.63) is 46.9 Å². The Morgan fingerprint density at radius 1 is 1.22 bits per heavy atom. The second-order valence-corrected chi connectivity index (χ2v) is 6.73. The van der Waals surface area contributed by atoms with Gasteiger partial charge in [0.15, 0.2) is 0 Å². The number of anilines is 2. The smallest absolute Gasteiger partial charge is 0.262 e. The summed E-state index contributed by atoms with van der Waals surface area (Å²) in [6, 6.07) is 7.22. The molecule has 1 aromatic carbocycles. The number of carbonyl (C=O) groups excluding carboxylic acids is 1. The van der Waals surface area contributed by atoms with Gasteiger partial charge in [0.05, 0.1) is 34.9 Å². The van der Waals surface area contributed by atoms with Crippen molar-refractivity contribution >= 4 is 40.1 Å². The number of ether oxygens (including phenoxy) is 1. The van der Waals surface area contributed by atoms with E-state index in [1.54, 1.807) is 26.1 Å². The molecule has 0 atom stereocenters. The highest BCUT2D eigenvalue weighted by atomic mass is 35.5. The Morgan fingerprint density at radius 3 is 2.70 bits per heavy atom. The van der Waals surface area contributed by atoms with E-state index >= 15 is 0 Å². The fraction of sp³-hybridized carbons (Fsp3) is 0.316. The minimum absolute atomic E-state index is 0.219. The van der Waals surface area contributed by atoms with Crippen molar-refractivity contribution < 1.29 is 13.9 Å². The van der Waals surface area contributed by atoms with Crippen molar-refractivity contribution in [2.75, 3.05) is 43.2 Å². The molecule has 0 saturated carbocycles. The molecule has 1 aliphatic rings. The number of aryl methyl sites for hydroxylation is 1. The number of furan rings is 1. The Kier molecular flexibility index (Phi) is 4.72. The minimum atomic E-state index is -0.219. The molecule has 8 heteroatoms. The molecule has 140 valence electrons. The van der Waals surface area contributed by atoms with E-state index in [2.05, 4.69) is 14.9 Å². The molecule has 1 aliphatic heterocycles. The molecule has 0 unspecified atom stereocenters. The van der Waals surface area contributed by atoms with Gasteiger partial charge in [0.1, 0.15) is 17.9 Å². The first-order valence-electron chi connectivity index (χ1n) is 8.67. The zero-order valence-corrected chi connectivity index (χ0v) is 15.9. The van der Waals surface area contributed by atoms with Crippen molar-refractivity contribution in [2.45, 2.75) is 6.92 Å². The molecule has 3 heterocycles. The van der Waals surface area contributed by atoms with Crippen LogP contribution in [0.3, 0.4) is 0 Å². The Morgan fingerprint density at radius 2 is 1.96 bits per heavy atom. The van der Waals surface area contributed by atoms with Gasteiger partial charge < -0.3 is 19.0 Å². The number of para-hydroxylation sites is 1. The summed E-state index contributed by atoms with van der Waals surface area (Å²) >= 11 is 6.27. The fourth-order valence-corrected chi connectivity index (χ4v) is 3.56. The Bertz CT molecular complexity index is 998. The van der Waals surface area contributed by atoms with Gasteiger partial charge in [-0.2, -0.15) is 0 Å². The first-order chi connectivity index (χ1) is 13.1. The highest BCUT2D eigenvalue weighted by Gasteiger charge is 2.28. The first kappa shape index (κ1) is 17.8. The maximum atomic E-state index is 13.3. The van der Waals surface area contributed by atoms with E-state index in [-0.39, 0.29) is 5.91 Å². The summed E-state index contributed by atoms with van der Waals surface area (Å²) in [5, 5.41) is 1.13. The van der Waals surface area contributed by atoms with Crippen LogP contribution in [0.1, 0.15) is 16.1 Å².